The highest BCUT2D eigenvalue weighted by Crippen LogP contribution is 2.28. The largest absolute Gasteiger partial charge is 0.384 e. The second kappa shape index (κ2) is 5.63. The first-order valence-corrected chi connectivity index (χ1v) is 8.40. The number of hydrogen-bond donors (Lipinski definition) is 1. The highest BCUT2D eigenvalue weighted by Gasteiger charge is 2.17. The molecule has 0 aliphatic carbocycles. The lowest BCUT2D eigenvalue weighted by Gasteiger charge is -2.13. The molecule has 0 amide bonds. The van der Waals surface area contributed by atoms with Gasteiger partial charge in [-0.3, -0.25) is 0 Å². The van der Waals surface area contributed by atoms with Crippen LogP contribution in [0.4, 0.5) is 4.39 Å². The Kier molecular flexibility index (Phi) is 4.27. The van der Waals surface area contributed by atoms with Crippen LogP contribution in [0.15, 0.2) is 51.8 Å². The number of hydrogen-bond acceptors (Lipinski definition) is 3. The van der Waals surface area contributed by atoms with E-state index in [2.05, 4.69) is 15.9 Å². The van der Waals surface area contributed by atoms with Crippen LogP contribution in [-0.4, -0.2) is 19.8 Å². The Morgan fingerprint density at radius 1 is 1.20 bits per heavy atom. The number of benzene rings is 2. The summed E-state index contributed by atoms with van der Waals surface area (Å²) in [6.07, 6.45) is -0.146. The fourth-order valence-corrected chi connectivity index (χ4v) is 2.87. The topological polar surface area (TPSA) is 54.4 Å². The van der Waals surface area contributed by atoms with Gasteiger partial charge in [-0.05, 0) is 35.9 Å². The maximum absolute atomic E-state index is 13.7. The van der Waals surface area contributed by atoms with Crippen LogP contribution in [0.3, 0.4) is 0 Å². The number of halogens is 2. The zero-order chi connectivity index (χ0) is 14.9. The molecule has 6 heteroatoms. The van der Waals surface area contributed by atoms with Crippen LogP contribution in [0.25, 0.3) is 0 Å². The second-order valence-electron chi connectivity index (χ2n) is 4.41. The fourth-order valence-electron chi connectivity index (χ4n) is 1.82. The average Bonchev–Trinajstić information content (AvgIpc) is 2.40. The highest BCUT2D eigenvalue weighted by atomic mass is 79.9. The van der Waals surface area contributed by atoms with Crippen molar-refractivity contribution in [1.82, 2.24) is 0 Å². The molecule has 1 N–H and O–H groups in total. The summed E-state index contributed by atoms with van der Waals surface area (Å²) in [6, 6.07) is 10.1. The van der Waals surface area contributed by atoms with Gasteiger partial charge >= 0.3 is 0 Å². The summed E-state index contributed by atoms with van der Waals surface area (Å²) in [4.78, 5) is 0.0875. The summed E-state index contributed by atoms with van der Waals surface area (Å²) in [5.41, 5.74) is 0.412. The quantitative estimate of drug-likeness (QED) is 0.917. The lowest BCUT2D eigenvalue weighted by Crippen LogP contribution is -2.05. The van der Waals surface area contributed by atoms with Gasteiger partial charge in [0.05, 0.1) is 4.90 Å². The van der Waals surface area contributed by atoms with Crippen LogP contribution in [0.1, 0.15) is 17.2 Å². The second-order valence-corrected chi connectivity index (χ2v) is 7.34. The van der Waals surface area contributed by atoms with Crippen LogP contribution in [0.2, 0.25) is 0 Å². The summed E-state index contributed by atoms with van der Waals surface area (Å²) in [7, 11) is -3.37. The van der Waals surface area contributed by atoms with E-state index in [9.17, 15) is 17.9 Å². The van der Waals surface area contributed by atoms with Gasteiger partial charge in [0.1, 0.15) is 11.9 Å². The molecule has 1 atom stereocenters. The van der Waals surface area contributed by atoms with Crippen LogP contribution in [0, 0.1) is 5.82 Å². The van der Waals surface area contributed by atoms with Crippen LogP contribution in [-0.2, 0) is 9.84 Å². The van der Waals surface area contributed by atoms with E-state index >= 15 is 0 Å². The molecule has 0 aliphatic heterocycles. The molecule has 2 aromatic rings. The molecule has 0 heterocycles. The van der Waals surface area contributed by atoms with Crippen LogP contribution in [0.5, 0.6) is 0 Å². The minimum atomic E-state index is -3.37. The van der Waals surface area contributed by atoms with Gasteiger partial charge in [0.2, 0.25) is 0 Å². The van der Waals surface area contributed by atoms with E-state index in [1.807, 2.05) is 0 Å². The first kappa shape index (κ1) is 15.2. The molecule has 0 spiro atoms. The number of aliphatic hydroxyl groups is 1. The highest BCUT2D eigenvalue weighted by molar-refractivity contribution is 9.10. The Hall–Kier alpha value is -1.24. The molecule has 106 valence electrons. The standard InChI is InChI=1S/C14H12BrFO3S/c1-20(18,19)11-4-2-3-9(7-11)14(17)12-8-10(15)5-6-13(12)16/h2-8,14,17H,1H3. The van der Waals surface area contributed by atoms with Gasteiger partial charge in [0, 0.05) is 16.3 Å². The first-order chi connectivity index (χ1) is 9.29. The molecule has 3 nitrogen and oxygen atoms in total. The number of rotatable bonds is 3. The molecule has 0 fully saturated rings. The molecular formula is C14H12BrFO3S. The fraction of sp³-hybridized carbons (Fsp3) is 0.143. The monoisotopic (exact) mass is 358 g/mol. The van der Waals surface area contributed by atoms with Crippen molar-refractivity contribution in [1.29, 1.82) is 0 Å². The van der Waals surface area contributed by atoms with E-state index in [0.717, 1.165) is 6.26 Å². The van der Waals surface area contributed by atoms with Crippen molar-refractivity contribution in [3.05, 3.63) is 63.9 Å². The third-order valence-electron chi connectivity index (χ3n) is 2.85. The summed E-state index contributed by atoms with van der Waals surface area (Å²) in [6.45, 7) is 0. The van der Waals surface area contributed by atoms with Crippen molar-refractivity contribution in [2.75, 3.05) is 6.26 Å². The average molecular weight is 359 g/mol. The van der Waals surface area contributed by atoms with Gasteiger partial charge in [-0.2, -0.15) is 0 Å². The molecule has 0 saturated carbocycles. The molecule has 0 radical (unpaired) electrons. The summed E-state index contributed by atoms with van der Waals surface area (Å²) in [5, 5.41) is 10.2. The van der Waals surface area contributed by atoms with Gasteiger partial charge in [0.25, 0.3) is 0 Å². The van der Waals surface area contributed by atoms with Gasteiger partial charge in [-0.1, -0.05) is 28.1 Å². The van der Waals surface area contributed by atoms with Crippen LogP contribution >= 0.6 is 15.9 Å². The summed E-state index contributed by atoms with van der Waals surface area (Å²) in [5.74, 6) is -0.551. The predicted molar refractivity (Wildman–Crippen MR) is 77.7 cm³/mol. The Labute approximate surface area is 125 Å². The van der Waals surface area contributed by atoms with Gasteiger partial charge in [-0.25, -0.2) is 12.8 Å². The Bertz CT molecular complexity index is 744. The van der Waals surface area contributed by atoms with Crippen molar-refractivity contribution in [2.24, 2.45) is 0 Å². The lowest BCUT2D eigenvalue weighted by molar-refractivity contribution is 0.214. The molecule has 1 unspecified atom stereocenters. The Morgan fingerprint density at radius 3 is 2.55 bits per heavy atom. The summed E-state index contributed by atoms with van der Waals surface area (Å²) < 4.78 is 37.4. The third-order valence-corrected chi connectivity index (χ3v) is 4.46. The van der Waals surface area contributed by atoms with Crippen molar-refractivity contribution >= 4 is 25.8 Å². The van der Waals surface area contributed by atoms with Gasteiger partial charge < -0.3 is 5.11 Å². The van der Waals surface area contributed by atoms with Crippen LogP contribution < -0.4 is 0 Å². The smallest absolute Gasteiger partial charge is 0.175 e. The van der Waals surface area contributed by atoms with Gasteiger partial charge in [-0.15, -0.1) is 0 Å². The first-order valence-electron chi connectivity index (χ1n) is 5.72. The minimum absolute atomic E-state index is 0.0875. The Morgan fingerprint density at radius 2 is 1.90 bits per heavy atom. The normalized spacial score (nSPS) is 13.2. The predicted octanol–water partition coefficient (Wildman–Crippen LogP) is 3.07. The van der Waals surface area contributed by atoms with E-state index in [0.29, 0.717) is 10.0 Å². The van der Waals surface area contributed by atoms with Crippen molar-refractivity contribution in [3.8, 4) is 0 Å². The number of sulfone groups is 1. The van der Waals surface area contributed by atoms with Crippen molar-refractivity contribution < 1.29 is 17.9 Å². The molecule has 0 aliphatic rings. The molecule has 0 saturated heterocycles. The molecule has 2 rings (SSSR count). The van der Waals surface area contributed by atoms with E-state index in [1.54, 1.807) is 6.07 Å². The molecular weight excluding hydrogens is 347 g/mol. The minimum Gasteiger partial charge on any atom is -0.384 e. The lowest BCUT2D eigenvalue weighted by atomic mass is 10.0. The number of aliphatic hydroxyl groups excluding tert-OH is 1. The third kappa shape index (κ3) is 3.26. The zero-order valence-electron chi connectivity index (χ0n) is 10.5. The van der Waals surface area contributed by atoms with E-state index in [4.69, 9.17) is 0 Å². The molecule has 0 aromatic heterocycles. The maximum Gasteiger partial charge on any atom is 0.175 e. The molecule has 0 bridgehead atoms. The summed E-state index contributed by atoms with van der Waals surface area (Å²) >= 11 is 3.21. The Balaban J connectivity index is 2.48. The SMILES string of the molecule is CS(=O)(=O)c1cccc(C(O)c2cc(Br)ccc2F)c1. The maximum atomic E-state index is 13.7. The van der Waals surface area contributed by atoms with Crippen molar-refractivity contribution in [2.45, 2.75) is 11.0 Å². The van der Waals surface area contributed by atoms with E-state index in [1.165, 1.54) is 36.4 Å². The molecule has 20 heavy (non-hydrogen) atoms. The van der Waals surface area contributed by atoms with E-state index in [-0.39, 0.29) is 10.5 Å². The molecule has 2 aromatic carbocycles. The van der Waals surface area contributed by atoms with E-state index < -0.39 is 21.8 Å². The van der Waals surface area contributed by atoms with Crippen molar-refractivity contribution in [3.63, 3.8) is 0 Å². The van der Waals surface area contributed by atoms with Gasteiger partial charge in [0.15, 0.2) is 9.84 Å². The zero-order valence-corrected chi connectivity index (χ0v) is 12.9.